The van der Waals surface area contributed by atoms with Crippen molar-refractivity contribution in [3.8, 4) is 0 Å². The lowest BCUT2D eigenvalue weighted by Gasteiger charge is -2.23. The first-order valence-corrected chi connectivity index (χ1v) is 8.10. The molecular weight excluding hydrogens is 239 g/mol. The number of hydrogen-bond acceptors (Lipinski definition) is 3. The second-order valence-electron chi connectivity index (χ2n) is 3.76. The van der Waals surface area contributed by atoms with E-state index in [0.29, 0.717) is 0 Å². The van der Waals surface area contributed by atoms with Gasteiger partial charge in [-0.3, -0.25) is 15.6 Å². The Kier molecular flexibility index (Phi) is 4.28. The third-order valence-corrected chi connectivity index (χ3v) is 4.94. The molecule has 0 atom stereocenters. The van der Waals surface area contributed by atoms with E-state index in [1.54, 1.807) is 4.49 Å². The van der Waals surface area contributed by atoms with E-state index in [4.69, 9.17) is 11.0 Å². The highest BCUT2D eigenvalue weighted by molar-refractivity contribution is 7.93. The third-order valence-electron chi connectivity index (χ3n) is 2.19. The molecule has 7 nitrogen and oxygen atoms in total. The van der Waals surface area contributed by atoms with Gasteiger partial charge >= 0.3 is 0 Å². The molecule has 0 unspecified atom stereocenters. The summed E-state index contributed by atoms with van der Waals surface area (Å²) in [4.78, 5) is 0. The van der Waals surface area contributed by atoms with E-state index < -0.39 is 17.8 Å². The van der Waals surface area contributed by atoms with Crippen molar-refractivity contribution < 1.29 is 13.0 Å². The minimum atomic E-state index is -3.85. The van der Waals surface area contributed by atoms with Gasteiger partial charge in [0.25, 0.3) is 17.8 Å². The summed E-state index contributed by atoms with van der Waals surface area (Å²) in [5.74, 6) is 0. The lowest BCUT2D eigenvalue weighted by atomic mass is 9.96. The maximum Gasteiger partial charge on any atom is 0.288 e. The second kappa shape index (κ2) is 4.90. The molecule has 90 valence electrons. The Labute approximate surface area is 89.7 Å². The summed E-state index contributed by atoms with van der Waals surface area (Å²) < 4.78 is 37.7. The molecule has 6 N–H and O–H groups in total. The molecule has 1 aliphatic rings. The highest BCUT2D eigenvalue weighted by Crippen LogP contribution is 2.21. The molecule has 1 rings (SSSR count). The Morgan fingerprint density at radius 1 is 1.13 bits per heavy atom. The van der Waals surface area contributed by atoms with Crippen LogP contribution in [0.3, 0.4) is 0 Å². The summed E-state index contributed by atoms with van der Waals surface area (Å²) in [5.41, 5.74) is 9.86. The Bertz CT molecular complexity index is 345. The van der Waals surface area contributed by atoms with E-state index in [9.17, 15) is 13.0 Å². The zero-order valence-electron chi connectivity index (χ0n) is 8.35. The van der Waals surface area contributed by atoms with E-state index in [-0.39, 0.29) is 6.04 Å². The van der Waals surface area contributed by atoms with Crippen LogP contribution in [0.4, 0.5) is 0 Å². The predicted octanol–water partition coefficient (Wildman–Crippen LogP) is -0.231. The van der Waals surface area contributed by atoms with E-state index in [2.05, 4.69) is 4.72 Å². The quantitative estimate of drug-likeness (QED) is 0.516. The number of rotatable bonds is 4. The monoisotopic (exact) mass is 256 g/mol. The molecule has 0 amide bonds. The maximum absolute atomic E-state index is 11.4. The first-order chi connectivity index (χ1) is 6.79. The van der Waals surface area contributed by atoms with Crippen molar-refractivity contribution in [2.45, 2.75) is 38.1 Å². The zero-order valence-corrected chi connectivity index (χ0v) is 10.1. The van der Waals surface area contributed by atoms with Crippen LogP contribution in [0.2, 0.25) is 0 Å². The van der Waals surface area contributed by atoms with Crippen molar-refractivity contribution in [3.63, 3.8) is 0 Å². The molecule has 0 aromatic carbocycles. The molecule has 0 aromatic heterocycles. The smallest absolute Gasteiger partial charge is 0.270 e. The van der Waals surface area contributed by atoms with Gasteiger partial charge in [0.2, 0.25) is 0 Å². The number of nitrogens with two attached hydrogens (primary N) is 2. The number of nitrogens with one attached hydrogen (secondary N) is 2. The fourth-order valence-corrected chi connectivity index (χ4v) is 4.04. The van der Waals surface area contributed by atoms with Crippen molar-refractivity contribution in [2.75, 3.05) is 0 Å². The van der Waals surface area contributed by atoms with Crippen LogP contribution < -0.4 is 20.2 Å². The molecule has 1 fully saturated rings. The second-order valence-corrected chi connectivity index (χ2v) is 7.15. The van der Waals surface area contributed by atoms with Crippen LogP contribution in [0.25, 0.3) is 0 Å². The van der Waals surface area contributed by atoms with Crippen molar-refractivity contribution in [1.29, 1.82) is 0 Å². The third kappa shape index (κ3) is 5.60. The summed E-state index contributed by atoms with van der Waals surface area (Å²) in [7, 11) is -7.61. The van der Waals surface area contributed by atoms with Crippen molar-refractivity contribution in [3.05, 3.63) is 0 Å². The molecule has 0 radical (unpaired) electrons. The molecule has 0 heterocycles. The molecule has 0 spiro atoms. The van der Waals surface area contributed by atoms with Crippen LogP contribution in [-0.4, -0.2) is 14.5 Å². The Morgan fingerprint density at radius 3 is 2.13 bits per heavy atom. The molecule has 0 bridgehead atoms. The van der Waals surface area contributed by atoms with Gasteiger partial charge in [0.1, 0.15) is 0 Å². The lowest BCUT2D eigenvalue weighted by Crippen LogP contribution is -2.44. The van der Waals surface area contributed by atoms with E-state index in [1.807, 2.05) is 0 Å². The SMILES string of the molecule is NP(N)(=O)NS(=O)(=O)NC1CCCCC1. The fourth-order valence-electron chi connectivity index (χ4n) is 1.65. The predicted molar refractivity (Wildman–Crippen MR) is 58.0 cm³/mol. The summed E-state index contributed by atoms with van der Waals surface area (Å²) in [6, 6.07) is -0.109. The van der Waals surface area contributed by atoms with Crippen LogP contribution >= 0.6 is 7.59 Å². The molecule has 0 aromatic rings. The van der Waals surface area contributed by atoms with Gasteiger partial charge in [0.05, 0.1) is 0 Å². The highest BCUT2D eigenvalue weighted by Gasteiger charge is 2.24. The van der Waals surface area contributed by atoms with Gasteiger partial charge in [0.15, 0.2) is 0 Å². The molecule has 1 aliphatic carbocycles. The van der Waals surface area contributed by atoms with Crippen molar-refractivity contribution in [1.82, 2.24) is 9.21 Å². The minimum absolute atomic E-state index is 0.109. The van der Waals surface area contributed by atoms with Crippen LogP contribution in [-0.2, 0) is 14.8 Å². The first kappa shape index (κ1) is 13.1. The Hall–Kier alpha value is 0.0200. The van der Waals surface area contributed by atoms with Gasteiger partial charge in [0, 0.05) is 6.04 Å². The summed E-state index contributed by atoms with van der Waals surface area (Å²) in [5, 5.41) is 0. The van der Waals surface area contributed by atoms with Gasteiger partial charge < -0.3 is 0 Å². The summed E-state index contributed by atoms with van der Waals surface area (Å²) >= 11 is 0. The Balaban J connectivity index is 2.52. The van der Waals surface area contributed by atoms with Crippen LogP contribution in [0.1, 0.15) is 32.1 Å². The van der Waals surface area contributed by atoms with Crippen LogP contribution in [0, 0.1) is 0 Å². The average Bonchev–Trinajstić information content (AvgIpc) is 1.99. The normalized spacial score (nSPS) is 20.4. The molecule has 9 heteroatoms. The van der Waals surface area contributed by atoms with Gasteiger partial charge in [-0.05, 0) is 12.8 Å². The van der Waals surface area contributed by atoms with E-state index in [1.165, 1.54) is 0 Å². The van der Waals surface area contributed by atoms with Crippen molar-refractivity contribution in [2.24, 2.45) is 11.0 Å². The summed E-state index contributed by atoms with van der Waals surface area (Å²) in [6.45, 7) is 0. The van der Waals surface area contributed by atoms with Crippen LogP contribution in [0.15, 0.2) is 0 Å². The standard InChI is InChI=1S/C6H17N4O3PS/c7-14(8,11)10-15(12,13)9-6-4-2-1-3-5-6/h6,9H,1-5H2,(H5,7,8,10,11). The van der Waals surface area contributed by atoms with Gasteiger partial charge in [-0.15, -0.1) is 4.49 Å². The molecule has 0 saturated heterocycles. The number of hydrogen-bond donors (Lipinski definition) is 4. The lowest BCUT2D eigenvalue weighted by molar-refractivity contribution is 0.411. The fraction of sp³-hybridized carbons (Fsp3) is 1.00. The van der Waals surface area contributed by atoms with E-state index >= 15 is 0 Å². The first-order valence-electron chi connectivity index (χ1n) is 4.77. The van der Waals surface area contributed by atoms with Gasteiger partial charge in [-0.2, -0.15) is 13.1 Å². The average molecular weight is 256 g/mol. The highest BCUT2D eigenvalue weighted by atomic mass is 32.2. The molecule has 15 heavy (non-hydrogen) atoms. The summed E-state index contributed by atoms with van der Waals surface area (Å²) in [6.07, 6.45) is 4.70. The minimum Gasteiger partial charge on any atom is -0.270 e. The van der Waals surface area contributed by atoms with E-state index in [0.717, 1.165) is 32.1 Å². The van der Waals surface area contributed by atoms with Crippen molar-refractivity contribution >= 4 is 17.8 Å². The largest absolute Gasteiger partial charge is 0.288 e. The zero-order chi connectivity index (χ0) is 11.5. The van der Waals surface area contributed by atoms with Crippen LogP contribution in [0.5, 0.6) is 0 Å². The molecule has 0 aliphatic heterocycles. The van der Waals surface area contributed by atoms with Gasteiger partial charge in [-0.1, -0.05) is 19.3 Å². The topological polar surface area (TPSA) is 127 Å². The maximum atomic E-state index is 11.4. The molecule has 1 saturated carbocycles. The van der Waals surface area contributed by atoms with Gasteiger partial charge in [-0.25, -0.2) is 0 Å². The Morgan fingerprint density at radius 2 is 1.67 bits per heavy atom. The molecular formula is C6H17N4O3PS.